The first-order chi connectivity index (χ1) is 11.7. The molecule has 1 aliphatic carbocycles. The molecule has 5 heteroatoms. The van der Waals surface area contributed by atoms with E-state index < -0.39 is 0 Å². The summed E-state index contributed by atoms with van der Waals surface area (Å²) in [5, 5.41) is 4.63. The van der Waals surface area contributed by atoms with Gasteiger partial charge in [-0.25, -0.2) is 9.48 Å². The van der Waals surface area contributed by atoms with Gasteiger partial charge in [-0.05, 0) is 38.3 Å². The molecule has 1 saturated carbocycles. The minimum absolute atomic E-state index is 0.0424. The molecule has 2 aromatic rings. The monoisotopic (exact) mass is 326 g/mol. The van der Waals surface area contributed by atoms with Crippen molar-refractivity contribution < 1.29 is 0 Å². The smallest absolute Gasteiger partial charge is 0.300 e. The second-order valence-electron chi connectivity index (χ2n) is 7.23. The summed E-state index contributed by atoms with van der Waals surface area (Å²) in [4.78, 5) is 15.3. The van der Waals surface area contributed by atoms with Gasteiger partial charge < -0.3 is 4.90 Å². The van der Waals surface area contributed by atoms with Crippen molar-refractivity contribution in [3.05, 3.63) is 52.2 Å². The quantitative estimate of drug-likeness (QED) is 0.866. The predicted octanol–water partition coefficient (Wildman–Crippen LogP) is 2.28. The van der Waals surface area contributed by atoms with Crippen molar-refractivity contribution in [1.82, 2.24) is 19.2 Å². The Labute approximate surface area is 142 Å². The van der Waals surface area contributed by atoms with E-state index in [1.807, 2.05) is 34.9 Å². The van der Waals surface area contributed by atoms with Gasteiger partial charge in [-0.1, -0.05) is 36.8 Å². The Hall–Kier alpha value is -1.88. The van der Waals surface area contributed by atoms with Crippen molar-refractivity contribution in [2.45, 2.75) is 63.7 Å². The molecule has 0 amide bonds. The maximum Gasteiger partial charge on any atom is 0.346 e. The van der Waals surface area contributed by atoms with E-state index >= 15 is 0 Å². The molecular weight excluding hydrogens is 300 g/mol. The highest BCUT2D eigenvalue weighted by Crippen LogP contribution is 2.28. The van der Waals surface area contributed by atoms with E-state index in [4.69, 9.17) is 0 Å². The second-order valence-corrected chi connectivity index (χ2v) is 7.23. The third-order valence-electron chi connectivity index (χ3n) is 5.79. The van der Waals surface area contributed by atoms with Gasteiger partial charge in [0.05, 0.1) is 6.54 Å². The Balaban J connectivity index is 1.48. The van der Waals surface area contributed by atoms with E-state index in [9.17, 15) is 4.79 Å². The summed E-state index contributed by atoms with van der Waals surface area (Å²) in [5.41, 5.74) is 1.16. The minimum atomic E-state index is 0.0424. The molecule has 128 valence electrons. The highest BCUT2D eigenvalue weighted by molar-refractivity contribution is 5.14. The van der Waals surface area contributed by atoms with Gasteiger partial charge in [-0.15, -0.1) is 0 Å². The van der Waals surface area contributed by atoms with Gasteiger partial charge in [0.1, 0.15) is 5.82 Å². The zero-order valence-electron chi connectivity index (χ0n) is 14.4. The number of aromatic nitrogens is 3. The number of nitrogens with zero attached hydrogens (tertiary/aromatic N) is 4. The summed E-state index contributed by atoms with van der Waals surface area (Å²) in [7, 11) is 2.26. The first-order valence-corrected chi connectivity index (χ1v) is 9.15. The van der Waals surface area contributed by atoms with Crippen molar-refractivity contribution in [3.63, 3.8) is 0 Å². The van der Waals surface area contributed by atoms with E-state index in [1.54, 1.807) is 4.68 Å². The summed E-state index contributed by atoms with van der Waals surface area (Å²) >= 11 is 0. The van der Waals surface area contributed by atoms with Gasteiger partial charge in [0.25, 0.3) is 0 Å². The van der Waals surface area contributed by atoms with Gasteiger partial charge in [0.2, 0.25) is 0 Å². The van der Waals surface area contributed by atoms with E-state index in [0.717, 1.165) is 43.2 Å². The van der Waals surface area contributed by atoms with Gasteiger partial charge in [-0.2, -0.15) is 5.10 Å². The Morgan fingerprint density at radius 3 is 2.58 bits per heavy atom. The number of hydrogen-bond donors (Lipinski definition) is 0. The average molecular weight is 326 g/mol. The van der Waals surface area contributed by atoms with Crippen LogP contribution in [0.4, 0.5) is 0 Å². The number of aryl methyl sites for hydroxylation is 1. The van der Waals surface area contributed by atoms with E-state index in [2.05, 4.69) is 17.0 Å². The molecule has 5 nitrogen and oxygen atoms in total. The van der Waals surface area contributed by atoms with Crippen LogP contribution < -0.4 is 5.69 Å². The fraction of sp³-hybridized carbons (Fsp3) is 0.579. The third kappa shape index (κ3) is 2.93. The standard InChI is InChI=1S/C19H26N4O/c1-21(16-8-5-9-16)17-10-11-18-20-23(19(24)22(18)13-12-17)14-15-6-3-2-4-7-15/h2-4,6-7,16-17H,5,8-14H2,1H3. The van der Waals surface area contributed by atoms with E-state index in [-0.39, 0.29) is 5.69 Å². The lowest BCUT2D eigenvalue weighted by Gasteiger charge is -2.39. The van der Waals surface area contributed by atoms with Crippen molar-refractivity contribution in [2.75, 3.05) is 7.05 Å². The molecule has 1 aromatic heterocycles. The first kappa shape index (κ1) is 15.6. The number of fused-ring (bicyclic) bond motifs is 1. The van der Waals surface area contributed by atoms with Crippen LogP contribution in [0.2, 0.25) is 0 Å². The fourth-order valence-corrected chi connectivity index (χ4v) is 3.97. The van der Waals surface area contributed by atoms with Crippen LogP contribution in [-0.2, 0) is 19.5 Å². The molecular formula is C19H26N4O. The molecule has 0 spiro atoms. The van der Waals surface area contributed by atoms with Crippen molar-refractivity contribution >= 4 is 0 Å². The third-order valence-corrected chi connectivity index (χ3v) is 5.79. The lowest BCUT2D eigenvalue weighted by atomic mass is 9.90. The topological polar surface area (TPSA) is 43.1 Å². The molecule has 0 radical (unpaired) electrons. The summed E-state index contributed by atoms with van der Waals surface area (Å²) in [6.07, 6.45) is 7.10. The molecule has 4 rings (SSSR count). The Bertz CT molecular complexity index is 744. The summed E-state index contributed by atoms with van der Waals surface area (Å²) in [5.74, 6) is 0.959. The lowest BCUT2D eigenvalue weighted by molar-refractivity contribution is 0.0995. The SMILES string of the molecule is CN(C1CCC1)C1CCc2nn(Cc3ccccc3)c(=O)n2CC1. The number of hydrogen-bond acceptors (Lipinski definition) is 3. The summed E-state index contributed by atoms with van der Waals surface area (Å²) < 4.78 is 3.53. The summed E-state index contributed by atoms with van der Waals surface area (Å²) in [6.45, 7) is 1.36. The van der Waals surface area contributed by atoms with Gasteiger partial charge in [0.15, 0.2) is 0 Å². The number of rotatable bonds is 4. The van der Waals surface area contributed by atoms with Gasteiger partial charge >= 0.3 is 5.69 Å². The Kier molecular flexibility index (Phi) is 4.27. The molecule has 0 saturated heterocycles. The molecule has 1 fully saturated rings. The van der Waals surface area contributed by atoms with Crippen LogP contribution in [0.3, 0.4) is 0 Å². The van der Waals surface area contributed by atoms with Crippen LogP contribution in [0.25, 0.3) is 0 Å². The van der Waals surface area contributed by atoms with Crippen LogP contribution in [0.15, 0.2) is 35.1 Å². The highest BCUT2D eigenvalue weighted by Gasteiger charge is 2.29. The second kappa shape index (κ2) is 6.55. The molecule has 0 N–H and O–H groups in total. The van der Waals surface area contributed by atoms with Crippen molar-refractivity contribution in [2.24, 2.45) is 0 Å². The molecule has 1 aliphatic heterocycles. The van der Waals surface area contributed by atoms with Crippen LogP contribution in [0.1, 0.15) is 43.5 Å². The lowest BCUT2D eigenvalue weighted by Crippen LogP contribution is -2.44. The molecule has 0 bridgehead atoms. The van der Waals surface area contributed by atoms with Crippen LogP contribution >= 0.6 is 0 Å². The van der Waals surface area contributed by atoms with E-state index in [1.165, 1.54) is 19.3 Å². The minimum Gasteiger partial charge on any atom is -0.300 e. The zero-order chi connectivity index (χ0) is 16.5. The van der Waals surface area contributed by atoms with E-state index in [0.29, 0.717) is 12.6 Å². The predicted molar refractivity (Wildman–Crippen MR) is 94.2 cm³/mol. The zero-order valence-corrected chi connectivity index (χ0v) is 14.4. The fourth-order valence-electron chi connectivity index (χ4n) is 3.97. The van der Waals surface area contributed by atoms with Crippen LogP contribution in [0.5, 0.6) is 0 Å². The Morgan fingerprint density at radius 1 is 1.12 bits per heavy atom. The highest BCUT2D eigenvalue weighted by atomic mass is 16.2. The molecule has 1 aromatic carbocycles. The van der Waals surface area contributed by atoms with Crippen LogP contribution in [0, 0.1) is 0 Å². The largest absolute Gasteiger partial charge is 0.346 e. The number of benzene rings is 1. The van der Waals surface area contributed by atoms with Crippen molar-refractivity contribution in [3.8, 4) is 0 Å². The molecule has 1 atom stereocenters. The maximum absolute atomic E-state index is 12.7. The molecule has 1 unspecified atom stereocenters. The van der Waals surface area contributed by atoms with Gasteiger partial charge in [-0.3, -0.25) is 4.57 Å². The maximum atomic E-state index is 12.7. The van der Waals surface area contributed by atoms with Crippen molar-refractivity contribution in [1.29, 1.82) is 0 Å². The molecule has 24 heavy (non-hydrogen) atoms. The van der Waals surface area contributed by atoms with Gasteiger partial charge in [0, 0.05) is 25.0 Å². The molecule has 2 heterocycles. The first-order valence-electron chi connectivity index (χ1n) is 9.15. The average Bonchev–Trinajstić information content (AvgIpc) is 2.72. The molecule has 2 aliphatic rings. The van der Waals surface area contributed by atoms with Crippen LogP contribution in [-0.4, -0.2) is 38.4 Å². The summed E-state index contributed by atoms with van der Waals surface area (Å²) in [6, 6.07) is 11.4. The normalized spacial score (nSPS) is 21.3. The Morgan fingerprint density at radius 2 is 1.88 bits per heavy atom.